The van der Waals surface area contributed by atoms with E-state index in [0.717, 1.165) is 27.7 Å². The van der Waals surface area contributed by atoms with Crippen molar-refractivity contribution in [3.8, 4) is 0 Å². The van der Waals surface area contributed by atoms with Gasteiger partial charge in [-0.1, -0.05) is 30.3 Å². The maximum Gasteiger partial charge on any atom is 0.322 e. The van der Waals surface area contributed by atoms with Gasteiger partial charge in [-0.25, -0.2) is 4.79 Å². The van der Waals surface area contributed by atoms with E-state index in [-0.39, 0.29) is 19.0 Å². The predicted molar refractivity (Wildman–Crippen MR) is 147 cm³/mol. The van der Waals surface area contributed by atoms with Gasteiger partial charge >= 0.3 is 6.03 Å². The second kappa shape index (κ2) is 9.88. The van der Waals surface area contributed by atoms with Crippen LogP contribution in [0.25, 0.3) is 10.9 Å². The molecule has 2 aromatic carbocycles. The third kappa shape index (κ3) is 4.53. The highest BCUT2D eigenvalue weighted by Crippen LogP contribution is 2.27. The number of nitrogens with zero attached hydrogens (tertiary/aromatic N) is 3. The lowest BCUT2D eigenvalue weighted by atomic mass is 9.93. The summed E-state index contributed by atoms with van der Waals surface area (Å²) in [5, 5.41) is 8.86. The van der Waals surface area contributed by atoms with Gasteiger partial charge in [0.2, 0.25) is 0 Å². The molecule has 2 fully saturated rings. The largest absolute Gasteiger partial charge is 0.345 e. The zero-order valence-corrected chi connectivity index (χ0v) is 21.7. The Hall–Kier alpha value is -5.12. The monoisotopic (exact) mass is 534 g/mol. The molecule has 0 aliphatic carbocycles. The number of carbonyl (C=O) groups is 4. The molecule has 6 rings (SSSR count). The molecule has 4 aromatic rings. The van der Waals surface area contributed by atoms with Crippen molar-refractivity contribution in [2.24, 2.45) is 0 Å². The Morgan fingerprint density at radius 1 is 1.05 bits per heavy atom. The van der Waals surface area contributed by atoms with E-state index in [1.54, 1.807) is 30.5 Å². The summed E-state index contributed by atoms with van der Waals surface area (Å²) >= 11 is 0. The summed E-state index contributed by atoms with van der Waals surface area (Å²) in [5.74, 6) is -1.34. The third-order valence-electron chi connectivity index (χ3n) is 7.45. The lowest BCUT2D eigenvalue weighted by Crippen LogP contribution is -2.62. The molecule has 2 saturated heterocycles. The predicted octanol–water partition coefficient (Wildman–Crippen LogP) is 2.36. The second-order valence-corrected chi connectivity index (χ2v) is 10.1. The van der Waals surface area contributed by atoms with E-state index in [9.17, 15) is 19.2 Å². The van der Waals surface area contributed by atoms with Crippen LogP contribution in [0, 0.1) is 6.92 Å². The first-order valence-electron chi connectivity index (χ1n) is 12.9. The molecule has 5 amide bonds. The highest BCUT2D eigenvalue weighted by molar-refractivity contribution is 6.09. The Labute approximate surface area is 229 Å². The average molecular weight is 535 g/mol. The van der Waals surface area contributed by atoms with Gasteiger partial charge in [0.25, 0.3) is 17.7 Å². The molecule has 2 aliphatic heterocycles. The van der Waals surface area contributed by atoms with Crippen LogP contribution in [0.4, 0.5) is 4.79 Å². The molecule has 4 heterocycles. The molecule has 2 aromatic heterocycles. The quantitative estimate of drug-likeness (QED) is 0.337. The van der Waals surface area contributed by atoms with Gasteiger partial charge in [0, 0.05) is 35.6 Å². The second-order valence-electron chi connectivity index (χ2n) is 10.1. The summed E-state index contributed by atoms with van der Waals surface area (Å²) < 4.78 is 0. The molecule has 200 valence electrons. The summed E-state index contributed by atoms with van der Waals surface area (Å²) in [7, 11) is 0. The highest BCUT2D eigenvalue weighted by atomic mass is 16.2. The molecule has 0 radical (unpaired) electrons. The maximum atomic E-state index is 13.3. The van der Waals surface area contributed by atoms with Crippen LogP contribution in [0.15, 0.2) is 79.1 Å². The first kappa shape index (κ1) is 25.2. The van der Waals surface area contributed by atoms with Crippen LogP contribution in [0.3, 0.4) is 0 Å². The van der Waals surface area contributed by atoms with Crippen LogP contribution < -0.4 is 16.0 Å². The Morgan fingerprint density at radius 3 is 2.58 bits per heavy atom. The summed E-state index contributed by atoms with van der Waals surface area (Å²) in [5.41, 5.74) is 3.34. The first-order chi connectivity index (χ1) is 19.3. The van der Waals surface area contributed by atoms with Gasteiger partial charge in [-0.15, -0.1) is 0 Å². The Bertz CT molecular complexity index is 1660. The number of fused-ring (bicyclic) bond motifs is 1. The van der Waals surface area contributed by atoms with Gasteiger partial charge in [-0.2, -0.15) is 0 Å². The van der Waals surface area contributed by atoms with Gasteiger partial charge in [-0.05, 0) is 60.9 Å². The van der Waals surface area contributed by atoms with Crippen LogP contribution in [-0.4, -0.2) is 63.3 Å². The van der Waals surface area contributed by atoms with E-state index in [4.69, 9.17) is 0 Å². The van der Waals surface area contributed by atoms with Gasteiger partial charge < -0.3 is 15.5 Å². The fourth-order valence-electron chi connectivity index (χ4n) is 5.49. The standard InChI is InChI=1S/C30H26N6O4/c1-18-13-22(23-6-2-3-7-24(23)32-18)14-19-8-10-20(11-9-19)26(37)33-25-16-36(27(38)21-5-4-12-31-15-21)17-30(25)28(39)34-29(40)35-30/h2-13,15,25H,14,16-17H2,1H3,(H,33,37)(H2,34,35,39,40). The number of pyridine rings is 2. The molecule has 10 nitrogen and oxygen atoms in total. The van der Waals surface area contributed by atoms with Crippen molar-refractivity contribution in [2.75, 3.05) is 13.1 Å². The molecular formula is C30H26N6O4. The Morgan fingerprint density at radius 2 is 1.85 bits per heavy atom. The minimum absolute atomic E-state index is 0.0414. The number of para-hydroxylation sites is 1. The van der Waals surface area contributed by atoms with E-state index < -0.39 is 29.4 Å². The number of nitrogens with one attached hydrogen (secondary N) is 3. The molecule has 3 N–H and O–H groups in total. The van der Waals surface area contributed by atoms with Crippen molar-refractivity contribution in [2.45, 2.75) is 24.9 Å². The number of aromatic nitrogens is 2. The van der Waals surface area contributed by atoms with E-state index >= 15 is 0 Å². The van der Waals surface area contributed by atoms with Crippen LogP contribution in [-0.2, 0) is 11.2 Å². The molecule has 1 spiro atoms. The number of hydrogen-bond acceptors (Lipinski definition) is 6. The van der Waals surface area contributed by atoms with Gasteiger partial charge in [0.05, 0.1) is 23.7 Å². The fraction of sp³-hybridized carbons (Fsp3) is 0.200. The van der Waals surface area contributed by atoms with Crippen LogP contribution in [0.1, 0.15) is 37.5 Å². The van der Waals surface area contributed by atoms with Gasteiger partial charge in [0.15, 0.2) is 5.54 Å². The SMILES string of the molecule is Cc1cc(Cc2ccc(C(=O)NC3CN(C(=O)c4cccnc4)CC34NC(=O)NC4=O)cc2)c2ccccc2n1. The molecule has 0 saturated carbocycles. The number of rotatable bonds is 5. The summed E-state index contributed by atoms with van der Waals surface area (Å²) in [6.45, 7) is 1.93. The maximum absolute atomic E-state index is 13.3. The van der Waals surface area contributed by atoms with E-state index in [1.807, 2.05) is 37.3 Å². The van der Waals surface area contributed by atoms with E-state index in [1.165, 1.54) is 11.1 Å². The van der Waals surface area contributed by atoms with Crippen LogP contribution in [0.2, 0.25) is 0 Å². The minimum Gasteiger partial charge on any atom is -0.345 e. The van der Waals surface area contributed by atoms with Crippen molar-refractivity contribution < 1.29 is 19.2 Å². The van der Waals surface area contributed by atoms with Crippen molar-refractivity contribution in [3.05, 3.63) is 107 Å². The number of amides is 5. The number of urea groups is 1. The zero-order chi connectivity index (χ0) is 27.9. The number of benzene rings is 2. The van der Waals surface area contributed by atoms with Crippen molar-refractivity contribution in [1.29, 1.82) is 0 Å². The number of hydrogen-bond donors (Lipinski definition) is 3. The molecule has 2 aliphatic rings. The zero-order valence-electron chi connectivity index (χ0n) is 21.7. The topological polar surface area (TPSA) is 133 Å². The fourth-order valence-corrected chi connectivity index (χ4v) is 5.49. The summed E-state index contributed by atoms with van der Waals surface area (Å²) in [6.07, 6.45) is 3.67. The van der Waals surface area contributed by atoms with E-state index in [2.05, 4.69) is 38.1 Å². The van der Waals surface area contributed by atoms with Gasteiger partial charge in [0.1, 0.15) is 0 Å². The number of carbonyl (C=O) groups excluding carboxylic acids is 4. The lowest BCUT2D eigenvalue weighted by Gasteiger charge is -2.27. The van der Waals surface area contributed by atoms with Crippen LogP contribution >= 0.6 is 0 Å². The Kier molecular flexibility index (Phi) is 6.22. The van der Waals surface area contributed by atoms with Crippen molar-refractivity contribution >= 4 is 34.7 Å². The smallest absolute Gasteiger partial charge is 0.322 e. The average Bonchev–Trinajstić information content (AvgIpc) is 3.46. The number of aryl methyl sites for hydroxylation is 1. The van der Waals surface area contributed by atoms with Crippen molar-refractivity contribution in [3.63, 3.8) is 0 Å². The van der Waals surface area contributed by atoms with E-state index in [0.29, 0.717) is 17.5 Å². The molecule has 2 atom stereocenters. The molecule has 10 heteroatoms. The first-order valence-corrected chi connectivity index (χ1v) is 12.9. The lowest BCUT2D eigenvalue weighted by molar-refractivity contribution is -0.124. The molecular weight excluding hydrogens is 508 g/mol. The number of likely N-dealkylation sites (tertiary alicyclic amines) is 1. The molecule has 0 bridgehead atoms. The van der Waals surface area contributed by atoms with Crippen molar-refractivity contribution in [1.82, 2.24) is 30.8 Å². The summed E-state index contributed by atoms with van der Waals surface area (Å²) in [6, 6.07) is 19.1. The normalized spacial score (nSPS) is 20.0. The van der Waals surface area contributed by atoms with Gasteiger partial charge in [-0.3, -0.25) is 29.7 Å². The molecule has 40 heavy (non-hydrogen) atoms. The highest BCUT2D eigenvalue weighted by Gasteiger charge is 2.58. The summed E-state index contributed by atoms with van der Waals surface area (Å²) in [4.78, 5) is 61.4. The van der Waals surface area contributed by atoms with Crippen LogP contribution in [0.5, 0.6) is 0 Å². The number of imide groups is 1. The Balaban J connectivity index is 1.20. The molecule has 2 unspecified atom stereocenters. The third-order valence-corrected chi connectivity index (χ3v) is 7.45. The minimum atomic E-state index is -1.47.